The number of unbranched alkanes of at least 4 members (excludes halogenated alkanes) is 1. The molecule has 0 N–H and O–H groups in total. The summed E-state index contributed by atoms with van der Waals surface area (Å²) < 4.78 is 6.24. The van der Waals surface area contributed by atoms with E-state index in [-0.39, 0.29) is 5.78 Å². The normalized spacial score (nSPS) is 16.5. The molecule has 0 unspecified atom stereocenters. The van der Waals surface area contributed by atoms with Gasteiger partial charge >= 0.3 is 0 Å². The molecule has 128 valence electrons. The van der Waals surface area contributed by atoms with Crippen LogP contribution >= 0.6 is 15.9 Å². The molecule has 1 aromatic rings. The molecule has 1 heterocycles. The van der Waals surface area contributed by atoms with Gasteiger partial charge in [0, 0.05) is 10.9 Å². The van der Waals surface area contributed by atoms with Crippen molar-refractivity contribution < 1.29 is 9.53 Å². The fourth-order valence-electron chi connectivity index (χ4n) is 3.25. The van der Waals surface area contributed by atoms with E-state index in [0.717, 1.165) is 10.9 Å². The Bertz CT molecular complexity index is 510. The molecule has 1 aromatic carbocycles. The summed E-state index contributed by atoms with van der Waals surface area (Å²) in [6.07, 6.45) is 6.64. The zero-order valence-corrected chi connectivity index (χ0v) is 15.9. The van der Waals surface area contributed by atoms with E-state index >= 15 is 0 Å². The Hall–Kier alpha value is -0.870. The largest absolute Gasteiger partial charge is 0.496 e. The molecule has 0 amide bonds. The van der Waals surface area contributed by atoms with Crippen LogP contribution in [0.1, 0.15) is 55.8 Å². The molecule has 1 fully saturated rings. The molecule has 1 aliphatic heterocycles. The van der Waals surface area contributed by atoms with Crippen LogP contribution in [0.4, 0.5) is 0 Å². The van der Waals surface area contributed by atoms with Crippen LogP contribution in [-0.4, -0.2) is 37.4 Å². The lowest BCUT2D eigenvalue weighted by molar-refractivity contribution is 0.0959. The van der Waals surface area contributed by atoms with Gasteiger partial charge in [-0.05, 0) is 69.4 Å². The van der Waals surface area contributed by atoms with Gasteiger partial charge in [-0.25, -0.2) is 0 Å². The highest BCUT2D eigenvalue weighted by Gasteiger charge is 2.20. The second-order valence-corrected chi connectivity index (χ2v) is 7.36. The molecule has 0 spiro atoms. The Morgan fingerprint density at radius 3 is 2.74 bits per heavy atom. The summed E-state index contributed by atoms with van der Waals surface area (Å²) in [6, 6.07) is 5.62. The van der Waals surface area contributed by atoms with E-state index in [1.54, 1.807) is 7.11 Å². The van der Waals surface area contributed by atoms with E-state index in [4.69, 9.17) is 4.74 Å². The third-order valence-corrected chi connectivity index (χ3v) is 5.27. The minimum absolute atomic E-state index is 0.191. The number of likely N-dealkylation sites (tertiary alicyclic amines) is 1. The number of ketones is 1. The second-order valence-electron chi connectivity index (χ2n) is 6.45. The first kappa shape index (κ1) is 18.5. The van der Waals surface area contributed by atoms with Gasteiger partial charge in [0.05, 0.1) is 12.7 Å². The lowest BCUT2D eigenvalue weighted by Crippen LogP contribution is -2.34. The smallest absolute Gasteiger partial charge is 0.166 e. The topological polar surface area (TPSA) is 29.5 Å². The molecule has 0 saturated carbocycles. The van der Waals surface area contributed by atoms with Crippen molar-refractivity contribution in [1.29, 1.82) is 0 Å². The van der Waals surface area contributed by atoms with Crippen LogP contribution in [0.25, 0.3) is 0 Å². The highest BCUT2D eigenvalue weighted by molar-refractivity contribution is 9.10. The van der Waals surface area contributed by atoms with Crippen molar-refractivity contribution >= 4 is 21.7 Å². The van der Waals surface area contributed by atoms with Crippen LogP contribution in [0, 0.1) is 5.92 Å². The number of benzene rings is 1. The van der Waals surface area contributed by atoms with Gasteiger partial charge in [0.15, 0.2) is 5.78 Å². The standard InChI is InChI=1S/C19H28BrNO2/c1-3-4-11-21-12-9-15(10-13-21)5-7-18(22)17-14-16(20)6-8-19(17)23-2/h6,8,14-15H,3-5,7,9-13H2,1-2H3. The molecule has 0 aliphatic carbocycles. The minimum Gasteiger partial charge on any atom is -0.496 e. The quantitative estimate of drug-likeness (QED) is 0.597. The maximum atomic E-state index is 12.5. The molecule has 2 rings (SSSR count). The van der Waals surface area contributed by atoms with Gasteiger partial charge in [0.2, 0.25) is 0 Å². The number of carbonyl (C=O) groups is 1. The van der Waals surface area contributed by atoms with Crippen molar-refractivity contribution in [2.75, 3.05) is 26.7 Å². The average Bonchev–Trinajstić information content (AvgIpc) is 2.58. The third-order valence-electron chi connectivity index (χ3n) is 4.78. The first-order chi connectivity index (χ1) is 11.1. The van der Waals surface area contributed by atoms with Crippen molar-refractivity contribution in [3.8, 4) is 5.75 Å². The monoisotopic (exact) mass is 381 g/mol. The van der Waals surface area contributed by atoms with E-state index < -0.39 is 0 Å². The predicted molar refractivity (Wildman–Crippen MR) is 98.3 cm³/mol. The Kier molecular flexibility index (Phi) is 7.57. The van der Waals surface area contributed by atoms with Gasteiger partial charge < -0.3 is 9.64 Å². The average molecular weight is 382 g/mol. The van der Waals surface area contributed by atoms with Crippen LogP contribution in [0.3, 0.4) is 0 Å². The Morgan fingerprint density at radius 2 is 2.09 bits per heavy atom. The summed E-state index contributed by atoms with van der Waals surface area (Å²) in [5.74, 6) is 1.55. The molecule has 3 nitrogen and oxygen atoms in total. The first-order valence-electron chi connectivity index (χ1n) is 8.73. The van der Waals surface area contributed by atoms with Crippen LogP contribution in [0.5, 0.6) is 5.75 Å². The van der Waals surface area contributed by atoms with E-state index in [1.165, 1.54) is 45.3 Å². The van der Waals surface area contributed by atoms with Crippen molar-refractivity contribution in [2.24, 2.45) is 5.92 Å². The van der Waals surface area contributed by atoms with Gasteiger partial charge in [-0.15, -0.1) is 0 Å². The Morgan fingerprint density at radius 1 is 1.35 bits per heavy atom. The molecule has 1 aliphatic rings. The maximum absolute atomic E-state index is 12.5. The lowest BCUT2D eigenvalue weighted by Gasteiger charge is -2.31. The Balaban J connectivity index is 1.80. The molecule has 4 heteroatoms. The van der Waals surface area contributed by atoms with Crippen molar-refractivity contribution in [2.45, 2.75) is 45.4 Å². The highest BCUT2D eigenvalue weighted by atomic mass is 79.9. The van der Waals surface area contributed by atoms with Crippen LogP contribution in [-0.2, 0) is 0 Å². The van der Waals surface area contributed by atoms with Crippen LogP contribution in [0.15, 0.2) is 22.7 Å². The zero-order valence-electron chi connectivity index (χ0n) is 14.3. The van der Waals surface area contributed by atoms with E-state index in [2.05, 4.69) is 27.8 Å². The number of halogens is 1. The summed E-state index contributed by atoms with van der Waals surface area (Å²) in [5, 5.41) is 0. The summed E-state index contributed by atoms with van der Waals surface area (Å²) in [7, 11) is 1.62. The number of carbonyl (C=O) groups excluding carboxylic acids is 1. The second kappa shape index (κ2) is 9.43. The van der Waals surface area contributed by atoms with Gasteiger partial charge in [0.1, 0.15) is 5.75 Å². The molecule has 0 atom stereocenters. The molecule has 0 radical (unpaired) electrons. The number of rotatable bonds is 8. The SMILES string of the molecule is CCCCN1CCC(CCC(=O)c2cc(Br)ccc2OC)CC1. The van der Waals surface area contributed by atoms with E-state index in [0.29, 0.717) is 23.7 Å². The molecular weight excluding hydrogens is 354 g/mol. The van der Waals surface area contributed by atoms with E-state index in [9.17, 15) is 4.79 Å². The van der Waals surface area contributed by atoms with Crippen LogP contribution in [0.2, 0.25) is 0 Å². The van der Waals surface area contributed by atoms with Gasteiger partial charge in [0.25, 0.3) is 0 Å². The number of hydrogen-bond acceptors (Lipinski definition) is 3. The molecule has 1 saturated heterocycles. The first-order valence-corrected chi connectivity index (χ1v) is 9.52. The molecule has 0 bridgehead atoms. The lowest BCUT2D eigenvalue weighted by atomic mass is 9.90. The highest BCUT2D eigenvalue weighted by Crippen LogP contribution is 2.27. The van der Waals surface area contributed by atoms with Crippen LogP contribution < -0.4 is 4.74 Å². The number of Topliss-reactive ketones (excluding diaryl/α,β-unsaturated/α-hetero) is 1. The zero-order chi connectivity index (χ0) is 16.7. The number of hydrogen-bond donors (Lipinski definition) is 0. The predicted octanol–water partition coefficient (Wildman–Crippen LogP) is 4.93. The number of methoxy groups -OCH3 is 1. The minimum atomic E-state index is 0.191. The van der Waals surface area contributed by atoms with Gasteiger partial charge in [-0.3, -0.25) is 4.79 Å². The summed E-state index contributed by atoms with van der Waals surface area (Å²) in [5.41, 5.74) is 0.697. The van der Waals surface area contributed by atoms with Crippen molar-refractivity contribution in [1.82, 2.24) is 4.90 Å². The molecule has 23 heavy (non-hydrogen) atoms. The van der Waals surface area contributed by atoms with Gasteiger partial charge in [-0.1, -0.05) is 29.3 Å². The van der Waals surface area contributed by atoms with Crippen molar-refractivity contribution in [3.05, 3.63) is 28.2 Å². The van der Waals surface area contributed by atoms with Gasteiger partial charge in [-0.2, -0.15) is 0 Å². The number of nitrogens with zero attached hydrogens (tertiary/aromatic N) is 1. The number of ether oxygens (including phenoxy) is 1. The fourth-order valence-corrected chi connectivity index (χ4v) is 3.61. The summed E-state index contributed by atoms with van der Waals surface area (Å²) >= 11 is 3.44. The molecular formula is C19H28BrNO2. The fraction of sp³-hybridized carbons (Fsp3) is 0.632. The van der Waals surface area contributed by atoms with Crippen molar-refractivity contribution in [3.63, 3.8) is 0 Å². The molecule has 0 aromatic heterocycles. The number of piperidine rings is 1. The third kappa shape index (κ3) is 5.61. The summed E-state index contributed by atoms with van der Waals surface area (Å²) in [4.78, 5) is 15.1. The van der Waals surface area contributed by atoms with E-state index in [1.807, 2.05) is 18.2 Å². The maximum Gasteiger partial charge on any atom is 0.166 e. The summed E-state index contributed by atoms with van der Waals surface area (Å²) in [6.45, 7) is 5.87. The Labute approximate surface area is 148 Å².